The van der Waals surface area contributed by atoms with Gasteiger partial charge in [0, 0.05) is 10.6 Å². The number of methoxy groups -OCH3 is 1. The number of nitrogens with one attached hydrogen (secondary N) is 1. The minimum absolute atomic E-state index is 0.406. The van der Waals surface area contributed by atoms with Crippen LogP contribution >= 0.6 is 39.7 Å². The fraction of sp³-hybridized carbons (Fsp3) is 0.0625. The zero-order valence-corrected chi connectivity index (χ0v) is 15.7. The molecule has 5 nitrogen and oxygen atoms in total. The Kier molecular flexibility index (Phi) is 5.13. The maximum Gasteiger partial charge on any atom is 0.216 e. The normalized spacial score (nSPS) is 11.1. The SMILES string of the molecule is COc1ccc(/C=N\n2c(-c3ccc(Cl)cc3)n[nH]c2=S)cc1Br. The molecule has 0 aliphatic heterocycles. The summed E-state index contributed by atoms with van der Waals surface area (Å²) in [4.78, 5) is 0. The number of hydrogen-bond donors (Lipinski definition) is 1. The molecule has 0 fully saturated rings. The van der Waals surface area contributed by atoms with Crippen molar-refractivity contribution in [2.24, 2.45) is 5.10 Å². The van der Waals surface area contributed by atoms with Crippen molar-refractivity contribution >= 4 is 46.0 Å². The largest absolute Gasteiger partial charge is 0.496 e. The lowest BCUT2D eigenvalue weighted by molar-refractivity contribution is 0.412. The van der Waals surface area contributed by atoms with E-state index in [0.29, 0.717) is 15.6 Å². The van der Waals surface area contributed by atoms with Crippen molar-refractivity contribution < 1.29 is 4.74 Å². The third kappa shape index (κ3) is 3.58. The predicted octanol–water partition coefficient (Wildman–Crippen LogP) is 4.91. The van der Waals surface area contributed by atoms with Gasteiger partial charge >= 0.3 is 0 Å². The van der Waals surface area contributed by atoms with Gasteiger partial charge in [-0.2, -0.15) is 14.9 Å². The summed E-state index contributed by atoms with van der Waals surface area (Å²) < 4.78 is 8.04. The van der Waals surface area contributed by atoms with E-state index in [9.17, 15) is 0 Å². The van der Waals surface area contributed by atoms with Crippen LogP contribution in [0.25, 0.3) is 11.4 Å². The number of rotatable bonds is 4. The van der Waals surface area contributed by atoms with Crippen molar-refractivity contribution in [3.63, 3.8) is 0 Å². The quantitative estimate of drug-likeness (QED) is 0.479. The summed E-state index contributed by atoms with van der Waals surface area (Å²) in [6.45, 7) is 0. The first-order chi connectivity index (χ1) is 11.6. The molecule has 8 heteroatoms. The fourth-order valence-corrected chi connectivity index (χ4v) is 2.94. The molecule has 1 aromatic heterocycles. The fourth-order valence-electron chi connectivity index (χ4n) is 2.07. The van der Waals surface area contributed by atoms with Crippen molar-refractivity contribution in [1.82, 2.24) is 14.9 Å². The molecule has 0 unspecified atom stereocenters. The van der Waals surface area contributed by atoms with Crippen LogP contribution in [0.15, 0.2) is 52.0 Å². The molecule has 122 valence electrons. The Morgan fingerprint density at radius 2 is 2.04 bits per heavy atom. The molecule has 24 heavy (non-hydrogen) atoms. The van der Waals surface area contributed by atoms with Crippen molar-refractivity contribution in [2.75, 3.05) is 7.11 Å². The molecule has 0 aliphatic carbocycles. The maximum absolute atomic E-state index is 5.92. The molecule has 0 bridgehead atoms. The van der Waals surface area contributed by atoms with Gasteiger partial charge in [0.2, 0.25) is 4.77 Å². The molecular formula is C16H12BrClN4OS. The van der Waals surface area contributed by atoms with E-state index in [2.05, 4.69) is 31.2 Å². The van der Waals surface area contributed by atoms with Gasteiger partial charge in [0.25, 0.3) is 0 Å². The third-order valence-electron chi connectivity index (χ3n) is 3.25. The van der Waals surface area contributed by atoms with Crippen LogP contribution in [0.3, 0.4) is 0 Å². The van der Waals surface area contributed by atoms with Crippen LogP contribution in [-0.2, 0) is 0 Å². The Morgan fingerprint density at radius 3 is 2.71 bits per heavy atom. The Morgan fingerprint density at radius 1 is 1.29 bits per heavy atom. The van der Waals surface area contributed by atoms with E-state index < -0.39 is 0 Å². The summed E-state index contributed by atoms with van der Waals surface area (Å²) in [7, 11) is 1.62. The zero-order chi connectivity index (χ0) is 17.1. The van der Waals surface area contributed by atoms with Crippen LogP contribution in [0.2, 0.25) is 5.02 Å². The second-order valence-electron chi connectivity index (χ2n) is 4.81. The van der Waals surface area contributed by atoms with Crippen molar-refractivity contribution in [1.29, 1.82) is 0 Å². The standard InChI is InChI=1S/C16H12BrClN4OS/c1-23-14-7-2-10(8-13(14)17)9-19-22-15(20-21-16(22)24)11-3-5-12(18)6-4-11/h2-9H,1H3,(H,21,24)/b19-9-. The lowest BCUT2D eigenvalue weighted by Crippen LogP contribution is -1.95. The summed E-state index contributed by atoms with van der Waals surface area (Å²) in [6.07, 6.45) is 1.70. The second-order valence-corrected chi connectivity index (χ2v) is 6.49. The highest BCUT2D eigenvalue weighted by atomic mass is 79.9. The number of aromatic nitrogens is 3. The van der Waals surface area contributed by atoms with E-state index in [-0.39, 0.29) is 0 Å². The predicted molar refractivity (Wildman–Crippen MR) is 102 cm³/mol. The summed E-state index contributed by atoms with van der Waals surface area (Å²) in [5.74, 6) is 1.37. The third-order valence-corrected chi connectivity index (χ3v) is 4.39. The smallest absolute Gasteiger partial charge is 0.216 e. The molecule has 0 radical (unpaired) electrons. The second kappa shape index (κ2) is 7.29. The average Bonchev–Trinajstić information content (AvgIpc) is 2.94. The average molecular weight is 424 g/mol. The Balaban J connectivity index is 1.96. The number of hydrogen-bond acceptors (Lipinski definition) is 4. The van der Waals surface area contributed by atoms with Gasteiger partial charge in [0.05, 0.1) is 17.8 Å². The molecule has 0 saturated carbocycles. The first-order valence-corrected chi connectivity index (χ1v) is 8.47. The number of halogens is 2. The molecule has 3 aromatic rings. The number of aromatic amines is 1. The Hall–Kier alpha value is -1.96. The molecule has 0 saturated heterocycles. The van der Waals surface area contributed by atoms with E-state index in [4.69, 9.17) is 28.6 Å². The zero-order valence-electron chi connectivity index (χ0n) is 12.5. The molecule has 1 N–H and O–H groups in total. The Bertz CT molecular complexity index is 949. The highest BCUT2D eigenvalue weighted by Gasteiger charge is 2.08. The van der Waals surface area contributed by atoms with E-state index in [1.165, 1.54) is 0 Å². The number of benzene rings is 2. The first-order valence-electron chi connectivity index (χ1n) is 6.90. The summed E-state index contributed by atoms with van der Waals surface area (Å²) in [5, 5.41) is 12.1. The minimum Gasteiger partial charge on any atom is -0.496 e. The van der Waals surface area contributed by atoms with Crippen LogP contribution < -0.4 is 4.74 Å². The summed E-state index contributed by atoms with van der Waals surface area (Å²) in [6, 6.07) is 13.0. The maximum atomic E-state index is 5.92. The minimum atomic E-state index is 0.406. The van der Waals surface area contributed by atoms with Crippen molar-refractivity contribution in [3.05, 3.63) is 62.3 Å². The van der Waals surface area contributed by atoms with Gasteiger partial charge in [-0.15, -0.1) is 0 Å². The molecule has 1 heterocycles. The van der Waals surface area contributed by atoms with Crippen LogP contribution in [-0.4, -0.2) is 28.2 Å². The van der Waals surface area contributed by atoms with Gasteiger partial charge in [0.15, 0.2) is 5.82 Å². The van der Waals surface area contributed by atoms with Crippen LogP contribution in [0.5, 0.6) is 5.75 Å². The lowest BCUT2D eigenvalue weighted by Gasteiger charge is -2.04. The van der Waals surface area contributed by atoms with Crippen molar-refractivity contribution in [2.45, 2.75) is 0 Å². The monoisotopic (exact) mass is 422 g/mol. The van der Waals surface area contributed by atoms with E-state index in [1.54, 1.807) is 30.1 Å². The van der Waals surface area contributed by atoms with Gasteiger partial charge in [-0.3, -0.25) is 0 Å². The van der Waals surface area contributed by atoms with E-state index >= 15 is 0 Å². The summed E-state index contributed by atoms with van der Waals surface area (Å²) >= 11 is 14.6. The molecule has 0 atom stereocenters. The molecule has 2 aromatic carbocycles. The first kappa shape index (κ1) is 16.9. The van der Waals surface area contributed by atoms with E-state index in [1.807, 2.05) is 30.3 Å². The summed E-state index contributed by atoms with van der Waals surface area (Å²) in [5.41, 5.74) is 1.76. The Labute approximate surface area is 157 Å². The van der Waals surface area contributed by atoms with Crippen molar-refractivity contribution in [3.8, 4) is 17.1 Å². The molecule has 0 spiro atoms. The van der Waals surface area contributed by atoms with Crippen LogP contribution in [0.1, 0.15) is 5.56 Å². The molecular weight excluding hydrogens is 412 g/mol. The van der Waals surface area contributed by atoms with Gasteiger partial charge in [-0.1, -0.05) is 11.6 Å². The molecule has 0 amide bonds. The highest BCUT2D eigenvalue weighted by molar-refractivity contribution is 9.10. The van der Waals surface area contributed by atoms with Gasteiger partial charge in [-0.05, 0) is 76.2 Å². The van der Waals surface area contributed by atoms with Crippen LogP contribution in [0.4, 0.5) is 0 Å². The van der Waals surface area contributed by atoms with Gasteiger partial charge in [-0.25, -0.2) is 5.10 Å². The molecule has 0 aliphatic rings. The lowest BCUT2D eigenvalue weighted by atomic mass is 10.2. The number of nitrogens with zero attached hydrogens (tertiary/aromatic N) is 3. The van der Waals surface area contributed by atoms with E-state index in [0.717, 1.165) is 21.3 Å². The van der Waals surface area contributed by atoms with Gasteiger partial charge in [0.1, 0.15) is 5.75 Å². The number of ether oxygens (including phenoxy) is 1. The molecule has 3 rings (SSSR count). The highest BCUT2D eigenvalue weighted by Crippen LogP contribution is 2.25. The van der Waals surface area contributed by atoms with Gasteiger partial charge < -0.3 is 4.74 Å². The number of H-pyrrole nitrogens is 1. The van der Waals surface area contributed by atoms with Crippen LogP contribution in [0, 0.1) is 4.77 Å². The topological polar surface area (TPSA) is 55.2 Å².